The highest BCUT2D eigenvalue weighted by atomic mass is 19.1. The Bertz CT molecular complexity index is 532. The van der Waals surface area contributed by atoms with Crippen LogP contribution in [0, 0.1) is 19.7 Å². The number of aryl methyl sites for hydroxylation is 2. The van der Waals surface area contributed by atoms with Crippen molar-refractivity contribution < 1.29 is 9.50 Å². The summed E-state index contributed by atoms with van der Waals surface area (Å²) >= 11 is 0. The van der Waals surface area contributed by atoms with Crippen LogP contribution in [0.15, 0.2) is 24.3 Å². The topological polar surface area (TPSA) is 46.0 Å². The molecule has 0 fully saturated rings. The van der Waals surface area contributed by atoms with Crippen LogP contribution in [-0.2, 0) is 6.61 Å². The highest BCUT2D eigenvalue weighted by molar-refractivity contribution is 5.55. The Morgan fingerprint density at radius 1 is 1.18 bits per heavy atom. The van der Waals surface area contributed by atoms with Gasteiger partial charge >= 0.3 is 0 Å². The molecule has 0 unspecified atom stereocenters. The van der Waals surface area contributed by atoms with Gasteiger partial charge in [0.15, 0.2) is 5.82 Å². The highest BCUT2D eigenvalue weighted by Gasteiger charge is 2.09. The number of hydrogen-bond acceptors (Lipinski definition) is 3. The maximum absolute atomic E-state index is 13.1. The molecular weight excluding hydrogens is 219 g/mol. The van der Waals surface area contributed by atoms with E-state index in [1.807, 2.05) is 13.8 Å². The number of nitrogens with zero attached hydrogens (tertiary/aromatic N) is 2. The van der Waals surface area contributed by atoms with Crippen molar-refractivity contribution in [2.75, 3.05) is 0 Å². The summed E-state index contributed by atoms with van der Waals surface area (Å²) in [4.78, 5) is 8.56. The minimum atomic E-state index is -0.312. The third-order valence-corrected chi connectivity index (χ3v) is 2.66. The fraction of sp³-hybridized carbons (Fsp3) is 0.231. The zero-order valence-electron chi connectivity index (χ0n) is 9.74. The number of aliphatic hydroxyl groups excluding tert-OH is 1. The van der Waals surface area contributed by atoms with Crippen molar-refractivity contribution in [3.05, 3.63) is 47.0 Å². The summed E-state index contributed by atoms with van der Waals surface area (Å²) in [6.07, 6.45) is 0. The van der Waals surface area contributed by atoms with Crippen LogP contribution >= 0.6 is 0 Å². The summed E-state index contributed by atoms with van der Waals surface area (Å²) in [7, 11) is 0. The Labute approximate surface area is 99.0 Å². The van der Waals surface area contributed by atoms with Crippen LogP contribution in [-0.4, -0.2) is 15.1 Å². The van der Waals surface area contributed by atoms with Crippen molar-refractivity contribution in [3.8, 4) is 11.4 Å². The standard InChI is InChI=1S/C13H13FN2O/c1-8-12(7-17)9(2)16-13(15-8)10-4-3-5-11(14)6-10/h3-6,17H,7H2,1-2H3. The molecule has 88 valence electrons. The highest BCUT2D eigenvalue weighted by Crippen LogP contribution is 2.19. The molecule has 2 aromatic rings. The first-order valence-electron chi connectivity index (χ1n) is 5.32. The van der Waals surface area contributed by atoms with Gasteiger partial charge in [-0.05, 0) is 26.0 Å². The van der Waals surface area contributed by atoms with Crippen molar-refractivity contribution in [2.24, 2.45) is 0 Å². The molecule has 0 saturated carbocycles. The Kier molecular flexibility index (Phi) is 3.15. The zero-order valence-corrected chi connectivity index (χ0v) is 9.74. The summed E-state index contributed by atoms with van der Waals surface area (Å²) in [6.45, 7) is 3.53. The van der Waals surface area contributed by atoms with Gasteiger partial charge in [0.05, 0.1) is 6.61 Å². The molecule has 1 N–H and O–H groups in total. The molecule has 3 nitrogen and oxygen atoms in total. The molecule has 1 aromatic carbocycles. The lowest BCUT2D eigenvalue weighted by Gasteiger charge is -2.08. The Morgan fingerprint density at radius 2 is 1.82 bits per heavy atom. The van der Waals surface area contributed by atoms with E-state index in [0.717, 1.165) is 17.0 Å². The lowest BCUT2D eigenvalue weighted by atomic mass is 10.1. The SMILES string of the molecule is Cc1nc(-c2cccc(F)c2)nc(C)c1CO. The summed E-state index contributed by atoms with van der Waals surface area (Å²) < 4.78 is 13.1. The third-order valence-electron chi connectivity index (χ3n) is 2.66. The van der Waals surface area contributed by atoms with Gasteiger partial charge in [-0.2, -0.15) is 0 Å². The molecule has 2 rings (SSSR count). The predicted octanol–water partition coefficient (Wildman–Crippen LogP) is 2.39. The second kappa shape index (κ2) is 4.59. The smallest absolute Gasteiger partial charge is 0.159 e. The van der Waals surface area contributed by atoms with Crippen molar-refractivity contribution in [1.82, 2.24) is 9.97 Å². The molecule has 0 bridgehead atoms. The quantitative estimate of drug-likeness (QED) is 0.864. The molecule has 4 heteroatoms. The van der Waals surface area contributed by atoms with Gasteiger partial charge in [-0.25, -0.2) is 14.4 Å². The lowest BCUT2D eigenvalue weighted by Crippen LogP contribution is -2.02. The average molecular weight is 232 g/mol. The lowest BCUT2D eigenvalue weighted by molar-refractivity contribution is 0.279. The maximum atomic E-state index is 13.1. The van der Waals surface area contributed by atoms with Crippen LogP contribution < -0.4 is 0 Å². The predicted molar refractivity (Wildman–Crippen MR) is 62.8 cm³/mol. The van der Waals surface area contributed by atoms with E-state index >= 15 is 0 Å². The molecule has 0 atom stereocenters. The summed E-state index contributed by atoms with van der Waals surface area (Å²) in [5, 5.41) is 9.16. The van der Waals surface area contributed by atoms with Gasteiger partial charge in [0.1, 0.15) is 5.82 Å². The Morgan fingerprint density at radius 3 is 2.35 bits per heavy atom. The van der Waals surface area contributed by atoms with Gasteiger partial charge in [-0.1, -0.05) is 12.1 Å². The molecule has 0 saturated heterocycles. The molecule has 0 amide bonds. The number of benzene rings is 1. The monoisotopic (exact) mass is 232 g/mol. The second-order valence-electron chi connectivity index (χ2n) is 3.87. The van der Waals surface area contributed by atoms with Crippen LogP contribution in [0.5, 0.6) is 0 Å². The zero-order chi connectivity index (χ0) is 12.4. The number of aromatic nitrogens is 2. The van der Waals surface area contributed by atoms with Crippen LogP contribution in [0.3, 0.4) is 0 Å². The molecule has 0 aliphatic heterocycles. The fourth-order valence-corrected chi connectivity index (χ4v) is 1.72. The summed E-state index contributed by atoms with van der Waals surface area (Å²) in [6, 6.07) is 6.16. The number of aliphatic hydroxyl groups is 1. The van der Waals surface area contributed by atoms with Crippen molar-refractivity contribution in [3.63, 3.8) is 0 Å². The van der Waals surface area contributed by atoms with Crippen LogP contribution in [0.2, 0.25) is 0 Å². The Balaban J connectivity index is 2.54. The van der Waals surface area contributed by atoms with E-state index in [4.69, 9.17) is 5.11 Å². The molecule has 1 heterocycles. The van der Waals surface area contributed by atoms with E-state index < -0.39 is 0 Å². The Hall–Kier alpha value is -1.81. The number of halogens is 1. The molecule has 0 radical (unpaired) electrons. The van der Waals surface area contributed by atoms with Gasteiger partial charge in [0.25, 0.3) is 0 Å². The first-order chi connectivity index (χ1) is 8.11. The normalized spacial score (nSPS) is 10.6. The molecule has 0 aliphatic rings. The van der Waals surface area contributed by atoms with E-state index in [0.29, 0.717) is 11.4 Å². The summed E-state index contributed by atoms with van der Waals surface area (Å²) in [5.74, 6) is 0.171. The van der Waals surface area contributed by atoms with E-state index in [1.54, 1.807) is 12.1 Å². The second-order valence-corrected chi connectivity index (χ2v) is 3.87. The molecule has 17 heavy (non-hydrogen) atoms. The van der Waals surface area contributed by atoms with E-state index in [-0.39, 0.29) is 12.4 Å². The van der Waals surface area contributed by atoms with Gasteiger partial charge in [0.2, 0.25) is 0 Å². The summed E-state index contributed by atoms with van der Waals surface area (Å²) in [5.41, 5.74) is 2.81. The fourth-order valence-electron chi connectivity index (χ4n) is 1.72. The minimum Gasteiger partial charge on any atom is -0.392 e. The minimum absolute atomic E-state index is 0.0822. The van der Waals surface area contributed by atoms with Crippen molar-refractivity contribution >= 4 is 0 Å². The van der Waals surface area contributed by atoms with Gasteiger partial charge < -0.3 is 5.11 Å². The molecule has 0 spiro atoms. The van der Waals surface area contributed by atoms with Crippen LogP contribution in [0.1, 0.15) is 17.0 Å². The third kappa shape index (κ3) is 2.31. The van der Waals surface area contributed by atoms with Crippen molar-refractivity contribution in [2.45, 2.75) is 20.5 Å². The van der Waals surface area contributed by atoms with Gasteiger partial charge in [-0.3, -0.25) is 0 Å². The largest absolute Gasteiger partial charge is 0.392 e. The van der Waals surface area contributed by atoms with Crippen LogP contribution in [0.4, 0.5) is 4.39 Å². The molecular formula is C13H13FN2O. The molecule has 1 aromatic heterocycles. The maximum Gasteiger partial charge on any atom is 0.159 e. The van der Waals surface area contributed by atoms with Crippen LogP contribution in [0.25, 0.3) is 11.4 Å². The van der Waals surface area contributed by atoms with Gasteiger partial charge in [-0.15, -0.1) is 0 Å². The number of rotatable bonds is 2. The van der Waals surface area contributed by atoms with E-state index in [2.05, 4.69) is 9.97 Å². The molecule has 0 aliphatic carbocycles. The van der Waals surface area contributed by atoms with E-state index in [1.165, 1.54) is 12.1 Å². The number of hydrogen-bond donors (Lipinski definition) is 1. The first-order valence-corrected chi connectivity index (χ1v) is 5.32. The van der Waals surface area contributed by atoms with Gasteiger partial charge in [0, 0.05) is 22.5 Å². The average Bonchev–Trinajstić information content (AvgIpc) is 2.28. The first kappa shape index (κ1) is 11.7. The van der Waals surface area contributed by atoms with Crippen molar-refractivity contribution in [1.29, 1.82) is 0 Å². The van der Waals surface area contributed by atoms with E-state index in [9.17, 15) is 4.39 Å².